The third-order valence-electron chi connectivity index (χ3n) is 5.83. The van der Waals surface area contributed by atoms with Crippen LogP contribution in [0.25, 0.3) is 10.8 Å². The molecule has 1 aliphatic rings. The Morgan fingerprint density at radius 3 is 2.52 bits per heavy atom. The standard InChI is InChI=1S/C25H28N2O3S/c1-19(17-22-9-6-8-20-7-2-3-10-24(20)22)18-26-25(28)21-11-13-23(14-12-21)27-15-4-5-16-31(27,29)30/h2-3,6-14,19H,4-5,15-18H2,1H3,(H,26,28)/t19-/m0/s1. The van der Waals surface area contributed by atoms with E-state index < -0.39 is 10.0 Å². The van der Waals surface area contributed by atoms with E-state index in [0.717, 1.165) is 12.8 Å². The van der Waals surface area contributed by atoms with Crippen molar-refractivity contribution in [2.75, 3.05) is 23.1 Å². The van der Waals surface area contributed by atoms with Crippen LogP contribution in [0.3, 0.4) is 0 Å². The Bertz CT molecular complexity index is 1170. The van der Waals surface area contributed by atoms with Gasteiger partial charge in [-0.1, -0.05) is 49.4 Å². The first-order valence-electron chi connectivity index (χ1n) is 10.8. The normalized spacial score (nSPS) is 16.7. The number of anilines is 1. The van der Waals surface area contributed by atoms with Crippen molar-refractivity contribution in [1.82, 2.24) is 5.32 Å². The first-order chi connectivity index (χ1) is 14.9. The number of sulfonamides is 1. The van der Waals surface area contributed by atoms with Gasteiger partial charge in [0.25, 0.3) is 5.91 Å². The van der Waals surface area contributed by atoms with Gasteiger partial charge in [-0.15, -0.1) is 0 Å². The van der Waals surface area contributed by atoms with E-state index in [-0.39, 0.29) is 17.6 Å². The lowest BCUT2D eigenvalue weighted by atomic mass is 9.96. The summed E-state index contributed by atoms with van der Waals surface area (Å²) in [6.45, 7) is 3.20. The Labute approximate surface area is 184 Å². The Morgan fingerprint density at radius 1 is 1.00 bits per heavy atom. The number of hydrogen-bond acceptors (Lipinski definition) is 3. The second-order valence-electron chi connectivity index (χ2n) is 8.30. The molecule has 0 saturated carbocycles. The molecule has 3 aromatic rings. The van der Waals surface area contributed by atoms with Gasteiger partial charge in [-0.05, 0) is 65.8 Å². The highest BCUT2D eigenvalue weighted by Gasteiger charge is 2.26. The van der Waals surface area contributed by atoms with Gasteiger partial charge < -0.3 is 5.32 Å². The maximum absolute atomic E-state index is 12.6. The smallest absolute Gasteiger partial charge is 0.251 e. The molecule has 0 bridgehead atoms. The van der Waals surface area contributed by atoms with Gasteiger partial charge in [-0.2, -0.15) is 0 Å². The second-order valence-corrected chi connectivity index (χ2v) is 10.3. The number of amides is 1. The predicted molar refractivity (Wildman–Crippen MR) is 126 cm³/mol. The van der Waals surface area contributed by atoms with Gasteiger partial charge in [0.15, 0.2) is 0 Å². The summed E-state index contributed by atoms with van der Waals surface area (Å²) >= 11 is 0. The Kier molecular flexibility index (Phi) is 6.28. The molecule has 4 rings (SSSR count). The Hall–Kier alpha value is -2.86. The molecular formula is C25H28N2O3S. The SMILES string of the molecule is C[C@H](CNC(=O)c1ccc(N2CCCCS2(=O)=O)cc1)Cc1cccc2ccccc12. The van der Waals surface area contributed by atoms with E-state index in [1.54, 1.807) is 24.3 Å². The van der Waals surface area contributed by atoms with Crippen LogP contribution in [-0.4, -0.2) is 33.2 Å². The first-order valence-corrected chi connectivity index (χ1v) is 12.4. The first kappa shape index (κ1) is 21.4. The van der Waals surface area contributed by atoms with E-state index in [2.05, 4.69) is 48.6 Å². The van der Waals surface area contributed by atoms with E-state index in [9.17, 15) is 13.2 Å². The summed E-state index contributed by atoms with van der Waals surface area (Å²) in [4.78, 5) is 12.6. The summed E-state index contributed by atoms with van der Waals surface area (Å²) in [7, 11) is -3.24. The van der Waals surface area contributed by atoms with Gasteiger partial charge in [-0.3, -0.25) is 9.10 Å². The summed E-state index contributed by atoms with van der Waals surface area (Å²) in [5.74, 6) is 0.328. The van der Waals surface area contributed by atoms with Crippen LogP contribution in [0.5, 0.6) is 0 Å². The molecule has 3 aromatic carbocycles. The van der Waals surface area contributed by atoms with Crippen LogP contribution in [0.4, 0.5) is 5.69 Å². The van der Waals surface area contributed by atoms with E-state index in [1.165, 1.54) is 20.6 Å². The van der Waals surface area contributed by atoms with Crippen molar-refractivity contribution >= 4 is 32.4 Å². The maximum Gasteiger partial charge on any atom is 0.251 e. The molecule has 1 N–H and O–H groups in total. The van der Waals surface area contributed by atoms with Crippen molar-refractivity contribution in [1.29, 1.82) is 0 Å². The molecule has 0 aromatic heterocycles. The summed E-state index contributed by atoms with van der Waals surface area (Å²) in [6.07, 6.45) is 2.44. The highest BCUT2D eigenvalue weighted by Crippen LogP contribution is 2.24. The number of carbonyl (C=O) groups excluding carboxylic acids is 1. The number of hydrogen-bond donors (Lipinski definition) is 1. The molecule has 1 heterocycles. The quantitative estimate of drug-likeness (QED) is 0.624. The monoisotopic (exact) mass is 436 g/mol. The minimum atomic E-state index is -3.24. The zero-order chi connectivity index (χ0) is 21.8. The van der Waals surface area contributed by atoms with Crippen LogP contribution in [0.1, 0.15) is 35.7 Å². The fourth-order valence-electron chi connectivity index (χ4n) is 4.14. The molecule has 31 heavy (non-hydrogen) atoms. The molecule has 1 atom stereocenters. The van der Waals surface area contributed by atoms with Crippen LogP contribution < -0.4 is 9.62 Å². The van der Waals surface area contributed by atoms with Crippen molar-refractivity contribution in [2.45, 2.75) is 26.2 Å². The van der Waals surface area contributed by atoms with Crippen LogP contribution in [-0.2, 0) is 16.4 Å². The van der Waals surface area contributed by atoms with Crippen LogP contribution in [0.2, 0.25) is 0 Å². The lowest BCUT2D eigenvalue weighted by Crippen LogP contribution is -2.37. The van der Waals surface area contributed by atoms with E-state index in [4.69, 9.17) is 0 Å². The van der Waals surface area contributed by atoms with Crippen molar-refractivity contribution in [3.05, 3.63) is 77.9 Å². The third kappa shape index (κ3) is 4.90. The van der Waals surface area contributed by atoms with Gasteiger partial charge in [-0.25, -0.2) is 8.42 Å². The molecule has 1 fully saturated rings. The van der Waals surface area contributed by atoms with Crippen LogP contribution in [0.15, 0.2) is 66.7 Å². The minimum Gasteiger partial charge on any atom is -0.352 e. The number of carbonyl (C=O) groups is 1. The highest BCUT2D eigenvalue weighted by molar-refractivity contribution is 7.92. The molecule has 0 aliphatic carbocycles. The predicted octanol–water partition coefficient (Wildman–Crippen LogP) is 4.38. The number of nitrogens with zero attached hydrogens (tertiary/aromatic N) is 1. The van der Waals surface area contributed by atoms with Crippen molar-refractivity contribution in [2.24, 2.45) is 5.92 Å². The molecule has 1 amide bonds. The van der Waals surface area contributed by atoms with E-state index in [0.29, 0.717) is 30.8 Å². The molecule has 1 saturated heterocycles. The topological polar surface area (TPSA) is 66.5 Å². The average molecular weight is 437 g/mol. The largest absolute Gasteiger partial charge is 0.352 e. The van der Waals surface area contributed by atoms with E-state index >= 15 is 0 Å². The third-order valence-corrected chi connectivity index (χ3v) is 7.70. The highest BCUT2D eigenvalue weighted by atomic mass is 32.2. The van der Waals surface area contributed by atoms with Gasteiger partial charge >= 0.3 is 0 Å². The zero-order valence-electron chi connectivity index (χ0n) is 17.8. The fraction of sp³-hybridized carbons (Fsp3) is 0.320. The summed E-state index contributed by atoms with van der Waals surface area (Å²) < 4.78 is 26.0. The molecule has 0 radical (unpaired) electrons. The lowest BCUT2D eigenvalue weighted by molar-refractivity contribution is 0.0948. The number of rotatable bonds is 6. The number of fused-ring (bicyclic) bond motifs is 1. The Morgan fingerprint density at radius 2 is 1.74 bits per heavy atom. The summed E-state index contributed by atoms with van der Waals surface area (Å²) in [5.41, 5.74) is 2.45. The molecule has 6 heteroatoms. The second kappa shape index (κ2) is 9.10. The Balaban J connectivity index is 1.36. The molecular weight excluding hydrogens is 408 g/mol. The van der Waals surface area contributed by atoms with Gasteiger partial charge in [0.1, 0.15) is 0 Å². The zero-order valence-corrected chi connectivity index (χ0v) is 18.6. The average Bonchev–Trinajstić information content (AvgIpc) is 2.78. The molecule has 0 unspecified atom stereocenters. The lowest BCUT2D eigenvalue weighted by Gasteiger charge is -2.28. The van der Waals surface area contributed by atoms with E-state index in [1.807, 2.05) is 6.07 Å². The molecule has 5 nitrogen and oxygen atoms in total. The minimum absolute atomic E-state index is 0.141. The van der Waals surface area contributed by atoms with Gasteiger partial charge in [0, 0.05) is 18.7 Å². The maximum atomic E-state index is 12.6. The van der Waals surface area contributed by atoms with Crippen molar-refractivity contribution in [3.63, 3.8) is 0 Å². The molecule has 1 aliphatic heterocycles. The van der Waals surface area contributed by atoms with Crippen LogP contribution in [0, 0.1) is 5.92 Å². The number of benzene rings is 3. The van der Waals surface area contributed by atoms with Gasteiger partial charge in [0.2, 0.25) is 10.0 Å². The van der Waals surface area contributed by atoms with Crippen molar-refractivity contribution in [3.8, 4) is 0 Å². The molecule has 162 valence electrons. The summed E-state index contributed by atoms with van der Waals surface area (Å²) in [5, 5.41) is 5.50. The van der Waals surface area contributed by atoms with Crippen LogP contribution >= 0.6 is 0 Å². The molecule has 0 spiro atoms. The van der Waals surface area contributed by atoms with Crippen molar-refractivity contribution < 1.29 is 13.2 Å². The number of nitrogens with one attached hydrogen (secondary N) is 1. The fourth-order valence-corrected chi connectivity index (χ4v) is 5.78. The summed E-state index contributed by atoms with van der Waals surface area (Å²) in [6, 6.07) is 21.5. The van der Waals surface area contributed by atoms with Gasteiger partial charge in [0.05, 0.1) is 11.4 Å².